The van der Waals surface area contributed by atoms with Gasteiger partial charge in [-0.15, -0.1) is 0 Å². The van der Waals surface area contributed by atoms with E-state index in [1.54, 1.807) is 6.92 Å². The van der Waals surface area contributed by atoms with Crippen LogP contribution in [0.25, 0.3) is 11.0 Å². The largest absolute Gasteiger partial charge is 0.341 e. The topological polar surface area (TPSA) is 54.7 Å². The van der Waals surface area contributed by atoms with Gasteiger partial charge in [0.1, 0.15) is 11.6 Å². The minimum absolute atomic E-state index is 0.0697. The Kier molecular flexibility index (Phi) is 2.17. The molecule has 1 atom stereocenters. The van der Waals surface area contributed by atoms with E-state index in [1.807, 2.05) is 0 Å². The molecule has 0 spiro atoms. The van der Waals surface area contributed by atoms with E-state index < -0.39 is 5.82 Å². The van der Waals surface area contributed by atoms with Crippen molar-refractivity contribution in [3.05, 3.63) is 28.8 Å². The lowest BCUT2D eigenvalue weighted by molar-refractivity contribution is 0.630. The fourth-order valence-corrected chi connectivity index (χ4v) is 1.40. The van der Waals surface area contributed by atoms with Crippen molar-refractivity contribution in [1.82, 2.24) is 9.97 Å². The van der Waals surface area contributed by atoms with E-state index in [1.165, 1.54) is 12.1 Å². The van der Waals surface area contributed by atoms with Crippen molar-refractivity contribution >= 4 is 22.6 Å². The van der Waals surface area contributed by atoms with Crippen LogP contribution >= 0.6 is 11.6 Å². The number of imidazole rings is 1. The number of benzene rings is 1. The Hall–Kier alpha value is -1.13. The molecule has 0 aliphatic rings. The fraction of sp³-hybridized carbons (Fsp3) is 0.222. The van der Waals surface area contributed by atoms with E-state index in [4.69, 9.17) is 17.3 Å². The summed E-state index contributed by atoms with van der Waals surface area (Å²) < 4.78 is 13.0. The van der Waals surface area contributed by atoms with Crippen LogP contribution in [0, 0.1) is 5.82 Å². The summed E-state index contributed by atoms with van der Waals surface area (Å²) in [7, 11) is 0. The first-order valence-electron chi connectivity index (χ1n) is 4.18. The number of hydrogen-bond donors (Lipinski definition) is 2. The van der Waals surface area contributed by atoms with Gasteiger partial charge in [-0.3, -0.25) is 0 Å². The molecule has 1 aromatic heterocycles. The zero-order valence-electron chi connectivity index (χ0n) is 7.51. The van der Waals surface area contributed by atoms with Crippen molar-refractivity contribution in [2.24, 2.45) is 5.73 Å². The summed E-state index contributed by atoms with van der Waals surface area (Å²) in [6.45, 7) is 1.80. The molecule has 0 radical (unpaired) electrons. The number of hydrogen-bond acceptors (Lipinski definition) is 2. The summed E-state index contributed by atoms with van der Waals surface area (Å²) in [4.78, 5) is 7.11. The molecule has 3 N–H and O–H groups in total. The zero-order valence-corrected chi connectivity index (χ0v) is 8.27. The van der Waals surface area contributed by atoms with Gasteiger partial charge >= 0.3 is 0 Å². The minimum Gasteiger partial charge on any atom is -0.341 e. The number of rotatable bonds is 1. The first-order chi connectivity index (χ1) is 6.58. The van der Waals surface area contributed by atoms with Crippen LogP contribution in [-0.2, 0) is 0 Å². The number of halogens is 2. The standard InChI is InChI=1S/C9H9ClFN3/c1-4(12)9-13-7-2-5(10)6(11)3-8(7)14-9/h2-4H,12H2,1H3,(H,13,14). The quantitative estimate of drug-likeness (QED) is 0.764. The van der Waals surface area contributed by atoms with Crippen LogP contribution in [-0.4, -0.2) is 9.97 Å². The monoisotopic (exact) mass is 213 g/mol. The lowest BCUT2D eigenvalue weighted by atomic mass is 10.3. The summed E-state index contributed by atoms with van der Waals surface area (Å²) in [5, 5.41) is 0.0697. The maximum Gasteiger partial charge on any atom is 0.144 e. The predicted octanol–water partition coefficient (Wildman–Crippen LogP) is 2.38. The number of aromatic amines is 1. The lowest BCUT2D eigenvalue weighted by Crippen LogP contribution is -2.06. The molecule has 0 amide bonds. The van der Waals surface area contributed by atoms with E-state index >= 15 is 0 Å². The van der Waals surface area contributed by atoms with Crippen LogP contribution in [0.2, 0.25) is 5.02 Å². The average Bonchev–Trinajstić information content (AvgIpc) is 2.48. The molecule has 2 aromatic rings. The minimum atomic E-state index is -0.459. The highest BCUT2D eigenvalue weighted by atomic mass is 35.5. The van der Waals surface area contributed by atoms with Crippen LogP contribution in [0.15, 0.2) is 12.1 Å². The molecule has 2 rings (SSSR count). The fourth-order valence-electron chi connectivity index (χ4n) is 1.24. The Morgan fingerprint density at radius 3 is 2.93 bits per heavy atom. The molecule has 0 bridgehead atoms. The van der Waals surface area contributed by atoms with Gasteiger partial charge < -0.3 is 10.7 Å². The van der Waals surface area contributed by atoms with E-state index in [0.717, 1.165) is 0 Å². The Labute approximate surface area is 85.1 Å². The molecule has 74 valence electrons. The summed E-state index contributed by atoms with van der Waals surface area (Å²) in [6.07, 6.45) is 0. The van der Waals surface area contributed by atoms with Crippen molar-refractivity contribution in [3.63, 3.8) is 0 Å². The molecule has 0 saturated carbocycles. The van der Waals surface area contributed by atoms with Crippen molar-refractivity contribution in [1.29, 1.82) is 0 Å². The first kappa shape index (κ1) is 9.43. The highest BCUT2D eigenvalue weighted by Crippen LogP contribution is 2.22. The third-order valence-corrected chi connectivity index (χ3v) is 2.26. The van der Waals surface area contributed by atoms with Crippen LogP contribution < -0.4 is 5.73 Å². The maximum atomic E-state index is 13.0. The first-order valence-corrected chi connectivity index (χ1v) is 4.56. The van der Waals surface area contributed by atoms with E-state index in [-0.39, 0.29) is 11.1 Å². The molecule has 5 heteroatoms. The zero-order chi connectivity index (χ0) is 10.3. The van der Waals surface area contributed by atoms with E-state index in [2.05, 4.69) is 9.97 Å². The van der Waals surface area contributed by atoms with Crippen LogP contribution in [0.3, 0.4) is 0 Å². The van der Waals surface area contributed by atoms with E-state index in [9.17, 15) is 4.39 Å². The maximum absolute atomic E-state index is 13.0. The van der Waals surface area contributed by atoms with Crippen molar-refractivity contribution in [3.8, 4) is 0 Å². The van der Waals surface area contributed by atoms with Gasteiger partial charge in [-0.25, -0.2) is 9.37 Å². The number of nitrogens with one attached hydrogen (secondary N) is 1. The molecule has 1 aromatic carbocycles. The predicted molar refractivity (Wildman–Crippen MR) is 53.7 cm³/mol. The summed E-state index contributed by atoms with van der Waals surface area (Å²) in [6, 6.07) is 2.59. The molecule has 0 saturated heterocycles. The Morgan fingerprint density at radius 2 is 2.29 bits per heavy atom. The number of nitrogens with two attached hydrogens (primary N) is 1. The van der Waals surface area contributed by atoms with Crippen molar-refractivity contribution in [2.75, 3.05) is 0 Å². The van der Waals surface area contributed by atoms with Gasteiger partial charge in [0.25, 0.3) is 0 Å². The smallest absolute Gasteiger partial charge is 0.144 e. The molecule has 14 heavy (non-hydrogen) atoms. The normalized spacial score (nSPS) is 13.4. The third kappa shape index (κ3) is 1.47. The highest BCUT2D eigenvalue weighted by molar-refractivity contribution is 6.31. The third-order valence-electron chi connectivity index (χ3n) is 1.97. The molecule has 0 aliphatic heterocycles. The van der Waals surface area contributed by atoms with Gasteiger partial charge in [-0.2, -0.15) is 0 Å². The molecule has 0 fully saturated rings. The van der Waals surface area contributed by atoms with Crippen LogP contribution in [0.4, 0.5) is 4.39 Å². The number of nitrogens with zero attached hydrogens (tertiary/aromatic N) is 1. The molecule has 3 nitrogen and oxygen atoms in total. The van der Waals surface area contributed by atoms with E-state index in [0.29, 0.717) is 16.9 Å². The molecular weight excluding hydrogens is 205 g/mol. The molecule has 1 heterocycles. The molecule has 1 unspecified atom stereocenters. The number of aromatic nitrogens is 2. The molecular formula is C9H9ClFN3. The number of fused-ring (bicyclic) bond motifs is 1. The lowest BCUT2D eigenvalue weighted by Gasteiger charge is -1.96. The van der Waals surface area contributed by atoms with Crippen molar-refractivity contribution < 1.29 is 4.39 Å². The van der Waals surface area contributed by atoms with Gasteiger partial charge in [0.05, 0.1) is 22.1 Å². The second kappa shape index (κ2) is 3.22. The Balaban J connectivity index is 2.66. The van der Waals surface area contributed by atoms with Gasteiger partial charge in [0.2, 0.25) is 0 Å². The van der Waals surface area contributed by atoms with Gasteiger partial charge in [-0.05, 0) is 13.0 Å². The average molecular weight is 214 g/mol. The SMILES string of the molecule is CC(N)c1nc2cc(Cl)c(F)cc2[nH]1. The van der Waals surface area contributed by atoms with Crippen LogP contribution in [0.5, 0.6) is 0 Å². The highest BCUT2D eigenvalue weighted by Gasteiger charge is 2.09. The Morgan fingerprint density at radius 1 is 1.57 bits per heavy atom. The second-order valence-electron chi connectivity index (χ2n) is 3.19. The summed E-state index contributed by atoms with van der Waals surface area (Å²) in [5.74, 6) is 0.167. The second-order valence-corrected chi connectivity index (χ2v) is 3.60. The summed E-state index contributed by atoms with van der Waals surface area (Å²) >= 11 is 5.62. The van der Waals surface area contributed by atoms with Gasteiger partial charge in [-0.1, -0.05) is 11.6 Å². The number of H-pyrrole nitrogens is 1. The Bertz CT molecular complexity index is 439. The summed E-state index contributed by atoms with van der Waals surface area (Å²) in [5.41, 5.74) is 6.87. The van der Waals surface area contributed by atoms with Gasteiger partial charge in [0.15, 0.2) is 0 Å². The van der Waals surface area contributed by atoms with Crippen LogP contribution in [0.1, 0.15) is 18.8 Å². The van der Waals surface area contributed by atoms with Crippen molar-refractivity contribution in [2.45, 2.75) is 13.0 Å². The van der Waals surface area contributed by atoms with Gasteiger partial charge in [0, 0.05) is 6.07 Å². The molecule has 0 aliphatic carbocycles.